The fraction of sp³-hybridized carbons (Fsp3) is 0.0833. The van der Waals surface area contributed by atoms with Crippen LogP contribution in [-0.2, 0) is 10.0 Å². The zero-order valence-corrected chi connectivity index (χ0v) is 13.5. The van der Waals surface area contributed by atoms with E-state index in [0.29, 0.717) is 10.2 Å². The van der Waals surface area contributed by atoms with E-state index < -0.39 is 16.0 Å². The fourth-order valence-electron chi connectivity index (χ4n) is 1.57. The Morgan fingerprint density at radius 1 is 1.35 bits per heavy atom. The van der Waals surface area contributed by atoms with Crippen LogP contribution in [0.2, 0.25) is 0 Å². The first-order valence-electron chi connectivity index (χ1n) is 5.41. The van der Waals surface area contributed by atoms with E-state index in [1.807, 2.05) is 6.92 Å². The molecular formula is C12H10BrNO4S2. The lowest BCUT2D eigenvalue weighted by atomic mass is 10.2. The van der Waals surface area contributed by atoms with Gasteiger partial charge in [-0.1, -0.05) is 6.07 Å². The zero-order valence-electron chi connectivity index (χ0n) is 10.3. The molecule has 1 aromatic carbocycles. The van der Waals surface area contributed by atoms with Crippen LogP contribution in [0.15, 0.2) is 39.0 Å². The van der Waals surface area contributed by atoms with Crippen LogP contribution in [-0.4, -0.2) is 19.5 Å². The van der Waals surface area contributed by atoms with Gasteiger partial charge in [-0.3, -0.25) is 4.72 Å². The minimum Gasteiger partial charge on any atom is -0.477 e. The summed E-state index contributed by atoms with van der Waals surface area (Å²) in [6.07, 6.45) is 0. The first kappa shape index (κ1) is 15.0. The van der Waals surface area contributed by atoms with Crippen molar-refractivity contribution in [2.75, 3.05) is 4.72 Å². The summed E-state index contributed by atoms with van der Waals surface area (Å²) in [6, 6.07) is 6.42. The second kappa shape index (κ2) is 5.55. The molecule has 1 heterocycles. The highest BCUT2D eigenvalue weighted by Crippen LogP contribution is 2.28. The number of hydrogen-bond acceptors (Lipinski definition) is 4. The summed E-state index contributed by atoms with van der Waals surface area (Å²) in [5.74, 6) is -1.26. The molecule has 0 spiro atoms. The number of aromatic carboxylic acids is 1. The Morgan fingerprint density at radius 3 is 2.65 bits per heavy atom. The van der Waals surface area contributed by atoms with E-state index in [0.717, 1.165) is 16.9 Å². The topological polar surface area (TPSA) is 83.5 Å². The van der Waals surface area contributed by atoms with Crippen molar-refractivity contribution < 1.29 is 18.3 Å². The predicted octanol–water partition coefficient (Wildman–Crippen LogP) is 3.32. The van der Waals surface area contributed by atoms with Gasteiger partial charge in [0.2, 0.25) is 0 Å². The molecule has 0 saturated heterocycles. The summed E-state index contributed by atoms with van der Waals surface area (Å²) < 4.78 is 27.4. The van der Waals surface area contributed by atoms with Crippen molar-refractivity contribution >= 4 is 48.9 Å². The van der Waals surface area contributed by atoms with Gasteiger partial charge in [-0.15, -0.1) is 11.3 Å². The largest absolute Gasteiger partial charge is 0.477 e. The molecule has 0 saturated carbocycles. The summed E-state index contributed by atoms with van der Waals surface area (Å²) >= 11 is 4.14. The molecule has 2 N–H and O–H groups in total. The number of rotatable bonds is 4. The molecule has 0 amide bonds. The number of nitrogens with one attached hydrogen (secondary N) is 1. The fourth-order valence-corrected chi connectivity index (χ4v) is 4.63. The van der Waals surface area contributed by atoms with Gasteiger partial charge in [-0.05, 0) is 52.0 Å². The van der Waals surface area contributed by atoms with Crippen LogP contribution in [0.25, 0.3) is 0 Å². The van der Waals surface area contributed by atoms with Gasteiger partial charge in [-0.2, -0.15) is 0 Å². The molecule has 0 fully saturated rings. The third-order valence-electron chi connectivity index (χ3n) is 2.48. The van der Waals surface area contributed by atoms with Crippen LogP contribution in [0.1, 0.15) is 15.2 Å². The number of sulfonamides is 1. The molecule has 0 aliphatic carbocycles. The number of thiophene rings is 1. The van der Waals surface area contributed by atoms with Crippen LogP contribution in [0.3, 0.4) is 0 Å². The molecule has 0 aliphatic heterocycles. The molecule has 0 atom stereocenters. The van der Waals surface area contributed by atoms with E-state index >= 15 is 0 Å². The Kier molecular flexibility index (Phi) is 4.17. The van der Waals surface area contributed by atoms with E-state index in [4.69, 9.17) is 5.11 Å². The predicted molar refractivity (Wildman–Crippen MR) is 81.0 cm³/mol. The van der Waals surface area contributed by atoms with Crippen LogP contribution in [0.5, 0.6) is 0 Å². The van der Waals surface area contributed by atoms with Crippen LogP contribution >= 0.6 is 27.3 Å². The highest BCUT2D eigenvalue weighted by Gasteiger charge is 2.24. The number of anilines is 1. The molecule has 0 aliphatic rings. The number of benzene rings is 1. The molecule has 8 heteroatoms. The number of hydrogen-bond donors (Lipinski definition) is 2. The molecule has 0 radical (unpaired) electrons. The monoisotopic (exact) mass is 375 g/mol. The number of carboxylic acid groups (broad SMARTS) is 1. The zero-order chi connectivity index (χ0) is 14.9. The number of aryl methyl sites for hydroxylation is 1. The first-order valence-corrected chi connectivity index (χ1v) is 8.56. The van der Waals surface area contributed by atoms with Gasteiger partial charge in [0.05, 0.1) is 5.69 Å². The minimum absolute atomic E-state index is 0.208. The number of halogens is 1. The third kappa shape index (κ3) is 3.02. The van der Waals surface area contributed by atoms with E-state index in [-0.39, 0.29) is 9.77 Å². The second-order valence-corrected chi connectivity index (χ2v) is 7.43. The minimum atomic E-state index is -3.93. The molecular weight excluding hydrogens is 366 g/mol. The standard InChI is InChI=1S/C12H10BrNO4S2/c1-7-2-3-9(8(13)6-7)14-20(17,18)10-4-5-19-11(10)12(15)16/h2-6,14H,1H3,(H,15,16). The van der Waals surface area contributed by atoms with Crippen molar-refractivity contribution in [1.82, 2.24) is 0 Å². The number of carboxylic acids is 1. The first-order chi connectivity index (χ1) is 9.31. The lowest BCUT2D eigenvalue weighted by molar-refractivity contribution is 0.0698. The molecule has 20 heavy (non-hydrogen) atoms. The summed E-state index contributed by atoms with van der Waals surface area (Å²) in [7, 11) is -3.93. The molecule has 0 unspecified atom stereocenters. The third-order valence-corrected chi connectivity index (χ3v) is 5.58. The van der Waals surface area contributed by atoms with Crippen molar-refractivity contribution in [3.05, 3.63) is 44.6 Å². The second-order valence-electron chi connectivity index (χ2n) is 4.01. The van der Waals surface area contributed by atoms with Crippen molar-refractivity contribution in [2.45, 2.75) is 11.8 Å². The van der Waals surface area contributed by atoms with Crippen molar-refractivity contribution in [3.8, 4) is 0 Å². The lowest BCUT2D eigenvalue weighted by Crippen LogP contribution is -2.15. The van der Waals surface area contributed by atoms with Crippen molar-refractivity contribution in [1.29, 1.82) is 0 Å². The Hall–Kier alpha value is -1.38. The average molecular weight is 376 g/mol. The van der Waals surface area contributed by atoms with Crippen molar-refractivity contribution in [3.63, 3.8) is 0 Å². The van der Waals surface area contributed by atoms with Crippen LogP contribution in [0.4, 0.5) is 5.69 Å². The van der Waals surface area contributed by atoms with Gasteiger partial charge in [0.15, 0.2) is 0 Å². The Bertz CT molecular complexity index is 768. The van der Waals surface area contributed by atoms with Gasteiger partial charge in [0, 0.05) is 4.47 Å². The number of carbonyl (C=O) groups is 1. The van der Waals surface area contributed by atoms with Gasteiger partial charge in [0.1, 0.15) is 9.77 Å². The highest BCUT2D eigenvalue weighted by atomic mass is 79.9. The lowest BCUT2D eigenvalue weighted by Gasteiger charge is -2.10. The maximum absolute atomic E-state index is 12.2. The maximum atomic E-state index is 12.2. The van der Waals surface area contributed by atoms with Crippen LogP contribution in [0, 0.1) is 6.92 Å². The highest BCUT2D eigenvalue weighted by molar-refractivity contribution is 9.10. The SMILES string of the molecule is Cc1ccc(NS(=O)(=O)c2ccsc2C(=O)O)c(Br)c1. The summed E-state index contributed by atoms with van der Waals surface area (Å²) in [5, 5.41) is 10.4. The summed E-state index contributed by atoms with van der Waals surface area (Å²) in [6.45, 7) is 1.88. The van der Waals surface area contributed by atoms with Gasteiger partial charge >= 0.3 is 5.97 Å². The maximum Gasteiger partial charge on any atom is 0.347 e. The van der Waals surface area contributed by atoms with Gasteiger partial charge in [-0.25, -0.2) is 13.2 Å². The molecule has 1 aromatic heterocycles. The molecule has 5 nitrogen and oxygen atoms in total. The van der Waals surface area contributed by atoms with Gasteiger partial charge in [0.25, 0.3) is 10.0 Å². The van der Waals surface area contributed by atoms with Crippen LogP contribution < -0.4 is 4.72 Å². The average Bonchev–Trinajstić information content (AvgIpc) is 2.82. The van der Waals surface area contributed by atoms with Gasteiger partial charge < -0.3 is 5.11 Å². The quantitative estimate of drug-likeness (QED) is 0.858. The smallest absolute Gasteiger partial charge is 0.347 e. The summed E-state index contributed by atoms with van der Waals surface area (Å²) in [5.41, 5.74) is 1.33. The molecule has 2 rings (SSSR count). The molecule has 0 bridgehead atoms. The normalized spacial score (nSPS) is 11.3. The van der Waals surface area contributed by atoms with E-state index in [9.17, 15) is 13.2 Å². The Labute approximate surface area is 128 Å². The Balaban J connectivity index is 2.41. The molecule has 106 valence electrons. The molecule has 2 aromatic rings. The van der Waals surface area contributed by atoms with E-state index in [1.165, 1.54) is 11.4 Å². The summed E-state index contributed by atoms with van der Waals surface area (Å²) in [4.78, 5) is 10.6. The van der Waals surface area contributed by atoms with E-state index in [1.54, 1.807) is 18.2 Å². The van der Waals surface area contributed by atoms with Crippen molar-refractivity contribution in [2.24, 2.45) is 0 Å². The van der Waals surface area contributed by atoms with E-state index in [2.05, 4.69) is 20.7 Å². The Morgan fingerprint density at radius 2 is 2.05 bits per heavy atom.